The van der Waals surface area contributed by atoms with Gasteiger partial charge in [-0.05, 0) is 73.9 Å². The minimum Gasteiger partial charge on any atom is -0.391 e. The first-order chi connectivity index (χ1) is 20.3. The Labute approximate surface area is 251 Å². The fourth-order valence-electron chi connectivity index (χ4n) is 6.75. The second-order valence-corrected chi connectivity index (χ2v) is 11.9. The van der Waals surface area contributed by atoms with Crippen LogP contribution in [0.1, 0.15) is 70.0 Å². The molecule has 1 aliphatic carbocycles. The fourth-order valence-corrected chi connectivity index (χ4v) is 6.75. The molecule has 0 bridgehead atoms. The molecule has 2 amide bonds. The summed E-state index contributed by atoms with van der Waals surface area (Å²) in [4.78, 5) is 29.5. The molecular weight excluding hydrogens is 522 g/mol. The van der Waals surface area contributed by atoms with E-state index in [9.17, 15) is 14.7 Å². The summed E-state index contributed by atoms with van der Waals surface area (Å²) in [5, 5.41) is 18.3. The lowest BCUT2D eigenvalue weighted by Crippen LogP contribution is -2.61. The minimum absolute atomic E-state index is 0.0798. The number of amides is 2. The zero-order valence-electron chi connectivity index (χ0n) is 25.4. The van der Waals surface area contributed by atoms with Crippen molar-refractivity contribution in [1.29, 1.82) is 0 Å². The summed E-state index contributed by atoms with van der Waals surface area (Å²) in [6, 6.07) is 24.5. The molecular formula is C36H47N3O3. The van der Waals surface area contributed by atoms with Crippen molar-refractivity contribution in [3.05, 3.63) is 96.1 Å². The third-order valence-electron chi connectivity index (χ3n) is 8.95. The van der Waals surface area contributed by atoms with Crippen LogP contribution in [0.3, 0.4) is 0 Å². The molecule has 4 rings (SSSR count). The molecule has 4 atom stereocenters. The second kappa shape index (κ2) is 14.1. The van der Waals surface area contributed by atoms with Gasteiger partial charge >= 0.3 is 0 Å². The zero-order valence-corrected chi connectivity index (χ0v) is 25.4. The Balaban J connectivity index is 1.60. The summed E-state index contributed by atoms with van der Waals surface area (Å²) >= 11 is 0. The number of rotatable bonds is 14. The van der Waals surface area contributed by atoms with Crippen molar-refractivity contribution in [1.82, 2.24) is 10.2 Å². The molecule has 0 heterocycles. The van der Waals surface area contributed by atoms with Gasteiger partial charge in [0, 0.05) is 19.1 Å². The number of carbonyl (C=O) groups excluding carboxylic acids is 2. The van der Waals surface area contributed by atoms with E-state index in [-0.39, 0.29) is 18.4 Å². The molecule has 0 saturated heterocycles. The first-order valence-corrected chi connectivity index (χ1v) is 15.5. The van der Waals surface area contributed by atoms with Crippen molar-refractivity contribution in [2.75, 3.05) is 19.6 Å². The van der Waals surface area contributed by atoms with Gasteiger partial charge < -0.3 is 21.1 Å². The molecule has 0 aromatic heterocycles. The average Bonchev–Trinajstić information content (AvgIpc) is 3.00. The van der Waals surface area contributed by atoms with Gasteiger partial charge in [0.15, 0.2) is 0 Å². The second-order valence-electron chi connectivity index (χ2n) is 11.9. The van der Waals surface area contributed by atoms with E-state index >= 15 is 0 Å². The quantitative estimate of drug-likeness (QED) is 0.165. The van der Waals surface area contributed by atoms with Gasteiger partial charge in [0.2, 0.25) is 11.8 Å². The highest BCUT2D eigenvalue weighted by molar-refractivity contribution is 5.90. The minimum atomic E-state index is -1.37. The molecule has 6 nitrogen and oxygen atoms in total. The summed E-state index contributed by atoms with van der Waals surface area (Å²) in [6.45, 7) is 8.17. The van der Waals surface area contributed by atoms with Gasteiger partial charge in [-0.3, -0.25) is 9.59 Å². The van der Waals surface area contributed by atoms with Crippen molar-refractivity contribution in [2.45, 2.75) is 71.4 Å². The number of nitrogens with zero attached hydrogens (tertiary/aromatic N) is 1. The van der Waals surface area contributed by atoms with E-state index in [0.717, 1.165) is 18.4 Å². The van der Waals surface area contributed by atoms with E-state index in [1.54, 1.807) is 6.08 Å². The van der Waals surface area contributed by atoms with Gasteiger partial charge in [-0.25, -0.2) is 0 Å². The van der Waals surface area contributed by atoms with Crippen LogP contribution in [-0.2, 0) is 16.0 Å². The Hall–Kier alpha value is -3.48. The Morgan fingerprint density at radius 3 is 2.36 bits per heavy atom. The molecule has 4 N–H and O–H groups in total. The Kier molecular flexibility index (Phi) is 10.6. The van der Waals surface area contributed by atoms with E-state index < -0.39 is 22.8 Å². The molecule has 0 spiro atoms. The number of carbonyl (C=O) groups is 2. The summed E-state index contributed by atoms with van der Waals surface area (Å²) in [5.74, 6) is -0.684. The van der Waals surface area contributed by atoms with Crippen LogP contribution in [-0.4, -0.2) is 47.6 Å². The predicted octanol–water partition coefficient (Wildman–Crippen LogP) is 5.94. The lowest BCUT2D eigenvalue weighted by atomic mass is 9.58. The molecule has 224 valence electrons. The fraction of sp³-hybridized carbons (Fsp3) is 0.444. The number of hydrogen-bond donors (Lipinski definition) is 3. The molecule has 0 radical (unpaired) electrons. The topological polar surface area (TPSA) is 95.7 Å². The standard InChI is InChI=1S/C36H47N3O3/c1-4-24-39(25-5-2)34(42)35(20-12-21-36(32(35)40,33(37)41)26-28-14-7-6-8-15-28)22-13-23-38-27(3)30-19-11-17-29-16-9-10-18-31(29)30/h6-12,14-19,21,27,32,38,40H,4-5,13,20,22-26H2,1-3H3,(H2,37,41)/t27-,32+,35?,36+/m0/s1. The molecule has 3 aromatic carbocycles. The maximum atomic E-state index is 14.4. The molecule has 1 unspecified atom stereocenters. The number of hydrogen-bond acceptors (Lipinski definition) is 4. The molecule has 0 saturated carbocycles. The smallest absolute Gasteiger partial charge is 0.231 e. The highest BCUT2D eigenvalue weighted by Crippen LogP contribution is 2.48. The molecule has 1 aliphatic rings. The molecule has 3 aromatic rings. The molecule has 42 heavy (non-hydrogen) atoms. The summed E-state index contributed by atoms with van der Waals surface area (Å²) < 4.78 is 0. The predicted molar refractivity (Wildman–Crippen MR) is 171 cm³/mol. The average molecular weight is 570 g/mol. The van der Waals surface area contributed by atoms with Crippen molar-refractivity contribution in [3.8, 4) is 0 Å². The summed E-state index contributed by atoms with van der Waals surface area (Å²) in [7, 11) is 0. The highest BCUT2D eigenvalue weighted by atomic mass is 16.3. The van der Waals surface area contributed by atoms with Crippen molar-refractivity contribution < 1.29 is 14.7 Å². The van der Waals surface area contributed by atoms with E-state index in [4.69, 9.17) is 5.73 Å². The van der Waals surface area contributed by atoms with Crippen LogP contribution in [0.5, 0.6) is 0 Å². The van der Waals surface area contributed by atoms with Gasteiger partial charge in [-0.15, -0.1) is 0 Å². The SMILES string of the molecule is CCCN(CCC)C(=O)C1(CCCN[C@@H](C)c2cccc3ccccc23)CC=C[C@](Cc2ccccc2)(C(N)=O)[C@@H]1O. The third kappa shape index (κ3) is 6.45. The number of benzene rings is 3. The maximum absolute atomic E-state index is 14.4. The zero-order chi connectivity index (χ0) is 30.2. The number of nitrogens with two attached hydrogens (primary N) is 1. The van der Waals surface area contributed by atoms with Crippen molar-refractivity contribution in [3.63, 3.8) is 0 Å². The number of aliphatic hydroxyl groups excluding tert-OH is 1. The van der Waals surface area contributed by atoms with Gasteiger partial charge in [0.1, 0.15) is 0 Å². The van der Waals surface area contributed by atoms with E-state index in [1.165, 1.54) is 16.3 Å². The number of nitrogens with one attached hydrogen (secondary N) is 1. The highest BCUT2D eigenvalue weighted by Gasteiger charge is 2.58. The van der Waals surface area contributed by atoms with E-state index in [1.807, 2.05) is 41.3 Å². The van der Waals surface area contributed by atoms with Gasteiger partial charge in [0.05, 0.1) is 16.9 Å². The Bertz CT molecular complexity index is 1360. The maximum Gasteiger partial charge on any atom is 0.231 e. The van der Waals surface area contributed by atoms with Crippen LogP contribution in [0.2, 0.25) is 0 Å². The number of primary amides is 1. The van der Waals surface area contributed by atoms with E-state index in [2.05, 4.69) is 68.6 Å². The lowest BCUT2D eigenvalue weighted by Gasteiger charge is -2.49. The van der Waals surface area contributed by atoms with E-state index in [0.29, 0.717) is 38.9 Å². The van der Waals surface area contributed by atoms with Crippen molar-refractivity contribution >= 4 is 22.6 Å². The largest absolute Gasteiger partial charge is 0.391 e. The lowest BCUT2D eigenvalue weighted by molar-refractivity contribution is -0.162. The Morgan fingerprint density at radius 2 is 1.67 bits per heavy atom. The molecule has 0 fully saturated rings. The van der Waals surface area contributed by atoms with Crippen LogP contribution in [0.25, 0.3) is 10.8 Å². The molecule has 0 aliphatic heterocycles. The third-order valence-corrected chi connectivity index (χ3v) is 8.95. The van der Waals surface area contributed by atoms with Crippen LogP contribution < -0.4 is 11.1 Å². The van der Waals surface area contributed by atoms with Gasteiger partial charge in [0.25, 0.3) is 0 Å². The van der Waals surface area contributed by atoms with Gasteiger partial charge in [-0.1, -0.05) is 98.8 Å². The first-order valence-electron chi connectivity index (χ1n) is 15.5. The van der Waals surface area contributed by atoms with Crippen LogP contribution in [0.4, 0.5) is 0 Å². The van der Waals surface area contributed by atoms with Crippen LogP contribution in [0.15, 0.2) is 84.9 Å². The summed E-state index contributed by atoms with van der Waals surface area (Å²) in [5.41, 5.74) is 5.68. The Morgan fingerprint density at radius 1 is 1.00 bits per heavy atom. The summed E-state index contributed by atoms with van der Waals surface area (Å²) in [6.07, 6.45) is 5.79. The van der Waals surface area contributed by atoms with Crippen LogP contribution in [0, 0.1) is 10.8 Å². The van der Waals surface area contributed by atoms with Crippen LogP contribution >= 0.6 is 0 Å². The monoisotopic (exact) mass is 569 g/mol. The number of aliphatic hydroxyl groups is 1. The molecule has 6 heteroatoms. The number of fused-ring (bicyclic) bond motifs is 1. The number of allylic oxidation sites excluding steroid dienone is 1. The first kappa shape index (κ1) is 31.5. The van der Waals surface area contributed by atoms with Crippen molar-refractivity contribution in [2.24, 2.45) is 16.6 Å². The van der Waals surface area contributed by atoms with Gasteiger partial charge in [-0.2, -0.15) is 0 Å². The normalized spacial score (nSPS) is 22.6.